The van der Waals surface area contributed by atoms with Gasteiger partial charge in [-0.2, -0.15) is 0 Å². The van der Waals surface area contributed by atoms with E-state index in [-0.39, 0.29) is 5.54 Å². The van der Waals surface area contributed by atoms with Crippen LogP contribution in [-0.4, -0.2) is 5.54 Å². The van der Waals surface area contributed by atoms with Crippen LogP contribution in [0.3, 0.4) is 0 Å². The molecule has 0 spiro atoms. The van der Waals surface area contributed by atoms with Crippen molar-refractivity contribution in [2.45, 2.75) is 70.3 Å². The first kappa shape index (κ1) is 16.3. The average molecular weight is 285 g/mol. The molecule has 0 atom stereocenters. The Kier molecular flexibility index (Phi) is 6.50. The van der Waals surface area contributed by atoms with Crippen LogP contribution in [0.1, 0.15) is 64.7 Å². The third kappa shape index (κ3) is 5.67. The van der Waals surface area contributed by atoms with Crippen molar-refractivity contribution in [3.05, 3.63) is 48.1 Å². The molecular formula is C20H31N. The molecule has 0 radical (unpaired) electrons. The van der Waals surface area contributed by atoms with Gasteiger partial charge in [0.2, 0.25) is 0 Å². The zero-order valence-corrected chi connectivity index (χ0v) is 13.6. The van der Waals surface area contributed by atoms with Crippen molar-refractivity contribution in [2.75, 3.05) is 0 Å². The zero-order chi connectivity index (χ0) is 15.0. The molecule has 1 nitrogen and oxygen atoms in total. The van der Waals surface area contributed by atoms with Gasteiger partial charge in [-0.3, -0.25) is 0 Å². The lowest BCUT2D eigenvalue weighted by Crippen LogP contribution is -2.41. The van der Waals surface area contributed by atoms with Gasteiger partial charge < -0.3 is 5.73 Å². The molecule has 0 heterocycles. The number of allylic oxidation sites excluding steroid dienone is 7. The number of nitrogens with two attached hydrogens (primary N) is 1. The monoisotopic (exact) mass is 285 g/mol. The van der Waals surface area contributed by atoms with Crippen molar-refractivity contribution in [1.82, 2.24) is 0 Å². The molecule has 0 unspecified atom stereocenters. The van der Waals surface area contributed by atoms with Crippen molar-refractivity contribution in [2.24, 2.45) is 11.7 Å². The first-order valence-electron chi connectivity index (χ1n) is 8.71. The van der Waals surface area contributed by atoms with E-state index in [9.17, 15) is 0 Å². The highest BCUT2D eigenvalue weighted by Gasteiger charge is 2.27. The smallest absolute Gasteiger partial charge is 0.0195 e. The predicted octanol–water partition coefficient (Wildman–Crippen LogP) is 5.45. The van der Waals surface area contributed by atoms with Crippen LogP contribution in [-0.2, 0) is 0 Å². The Hall–Kier alpha value is -1.08. The maximum absolute atomic E-state index is 6.75. The predicted molar refractivity (Wildman–Crippen MR) is 93.1 cm³/mol. The van der Waals surface area contributed by atoms with E-state index in [2.05, 4.69) is 49.5 Å². The van der Waals surface area contributed by atoms with Crippen LogP contribution in [0.2, 0.25) is 0 Å². The summed E-state index contributed by atoms with van der Waals surface area (Å²) >= 11 is 0. The van der Waals surface area contributed by atoms with Gasteiger partial charge in [0.15, 0.2) is 0 Å². The molecule has 2 aliphatic rings. The molecule has 0 bridgehead atoms. The summed E-state index contributed by atoms with van der Waals surface area (Å²) in [5, 5.41) is 0. The average Bonchev–Trinajstić information content (AvgIpc) is 2.40. The molecule has 1 heteroatoms. The SMILES string of the molecule is CCCC1CCCC(N)(CC2=CC=CC=CC=C2)CCC1. The van der Waals surface area contributed by atoms with E-state index in [0.717, 1.165) is 12.3 Å². The molecule has 1 fully saturated rings. The fraction of sp³-hybridized carbons (Fsp3) is 0.600. The van der Waals surface area contributed by atoms with Gasteiger partial charge in [0.1, 0.15) is 0 Å². The minimum absolute atomic E-state index is 0.00408. The summed E-state index contributed by atoms with van der Waals surface area (Å²) in [6, 6.07) is 0. The van der Waals surface area contributed by atoms with Crippen LogP contribution in [0, 0.1) is 5.92 Å². The molecule has 116 valence electrons. The second-order valence-corrected chi connectivity index (χ2v) is 6.85. The Balaban J connectivity index is 1.92. The van der Waals surface area contributed by atoms with Crippen molar-refractivity contribution < 1.29 is 0 Å². The molecule has 0 aliphatic heterocycles. The van der Waals surface area contributed by atoms with Crippen LogP contribution in [0.5, 0.6) is 0 Å². The maximum atomic E-state index is 6.75. The van der Waals surface area contributed by atoms with Crippen LogP contribution in [0.25, 0.3) is 0 Å². The summed E-state index contributed by atoms with van der Waals surface area (Å²) in [5.74, 6) is 0.952. The highest BCUT2D eigenvalue weighted by Crippen LogP contribution is 2.33. The van der Waals surface area contributed by atoms with Crippen LogP contribution in [0.15, 0.2) is 48.1 Å². The molecule has 0 aromatic rings. The lowest BCUT2D eigenvalue weighted by molar-refractivity contribution is 0.268. The third-order valence-corrected chi connectivity index (χ3v) is 4.89. The number of hydrogen-bond donors (Lipinski definition) is 1. The van der Waals surface area contributed by atoms with Crippen molar-refractivity contribution >= 4 is 0 Å². The van der Waals surface area contributed by atoms with E-state index in [1.54, 1.807) is 0 Å². The summed E-state index contributed by atoms with van der Waals surface area (Å²) in [5.41, 5.74) is 8.12. The molecule has 2 N–H and O–H groups in total. The molecule has 0 aromatic heterocycles. The zero-order valence-electron chi connectivity index (χ0n) is 13.6. The Morgan fingerprint density at radius 1 is 1.05 bits per heavy atom. The van der Waals surface area contributed by atoms with E-state index < -0.39 is 0 Å². The molecule has 0 amide bonds. The van der Waals surface area contributed by atoms with Gasteiger partial charge in [-0.05, 0) is 30.8 Å². The molecule has 1 saturated carbocycles. The Bertz CT molecular complexity index is 415. The Morgan fingerprint density at radius 3 is 2.43 bits per heavy atom. The van der Waals surface area contributed by atoms with Crippen molar-refractivity contribution in [1.29, 1.82) is 0 Å². The summed E-state index contributed by atoms with van der Waals surface area (Å²) in [7, 11) is 0. The van der Waals surface area contributed by atoms with E-state index in [1.807, 2.05) is 0 Å². The second kappa shape index (κ2) is 8.38. The summed E-state index contributed by atoms with van der Waals surface area (Å²) in [4.78, 5) is 0. The maximum Gasteiger partial charge on any atom is 0.0195 e. The number of hydrogen-bond acceptors (Lipinski definition) is 1. The molecule has 0 aromatic carbocycles. The van der Waals surface area contributed by atoms with Crippen LogP contribution >= 0.6 is 0 Å². The van der Waals surface area contributed by atoms with Crippen LogP contribution < -0.4 is 5.73 Å². The quantitative estimate of drug-likeness (QED) is 0.730. The van der Waals surface area contributed by atoms with Gasteiger partial charge in [0, 0.05) is 5.54 Å². The van der Waals surface area contributed by atoms with Gasteiger partial charge >= 0.3 is 0 Å². The molecular weight excluding hydrogens is 254 g/mol. The Morgan fingerprint density at radius 2 is 1.71 bits per heavy atom. The van der Waals surface area contributed by atoms with Crippen molar-refractivity contribution in [3.63, 3.8) is 0 Å². The second-order valence-electron chi connectivity index (χ2n) is 6.85. The van der Waals surface area contributed by atoms with Crippen molar-refractivity contribution in [3.8, 4) is 0 Å². The topological polar surface area (TPSA) is 26.0 Å². The van der Waals surface area contributed by atoms with Crippen LogP contribution in [0.4, 0.5) is 0 Å². The summed E-state index contributed by atoms with van der Waals surface area (Å²) < 4.78 is 0. The largest absolute Gasteiger partial charge is 0.325 e. The molecule has 2 rings (SSSR count). The molecule has 21 heavy (non-hydrogen) atoms. The van der Waals surface area contributed by atoms with Gasteiger partial charge in [-0.15, -0.1) is 0 Å². The summed E-state index contributed by atoms with van der Waals surface area (Å²) in [6.45, 7) is 2.31. The standard InChI is InChI=1S/C20H31N/c1-2-10-18-13-8-15-20(21,16-9-14-18)17-19-11-6-4-3-5-7-12-19/h3-7,11-12,18H,2,8-10,13-17,21H2,1H3. The lowest BCUT2D eigenvalue weighted by Gasteiger charge is -2.34. The first-order valence-corrected chi connectivity index (χ1v) is 8.71. The highest BCUT2D eigenvalue weighted by molar-refractivity contribution is 5.32. The highest BCUT2D eigenvalue weighted by atomic mass is 14.7. The van der Waals surface area contributed by atoms with Gasteiger partial charge in [-0.1, -0.05) is 88.0 Å². The normalized spacial score (nSPS) is 30.2. The van der Waals surface area contributed by atoms with E-state index in [4.69, 9.17) is 5.73 Å². The molecule has 0 saturated heterocycles. The molecule has 2 aliphatic carbocycles. The third-order valence-electron chi connectivity index (χ3n) is 4.89. The minimum atomic E-state index is 0.00408. The first-order chi connectivity index (χ1) is 10.2. The Labute approximate surface area is 130 Å². The fourth-order valence-corrected chi connectivity index (χ4v) is 3.76. The van der Waals surface area contributed by atoms with Gasteiger partial charge in [-0.25, -0.2) is 0 Å². The fourth-order valence-electron chi connectivity index (χ4n) is 3.76. The minimum Gasteiger partial charge on any atom is -0.325 e. The van der Waals surface area contributed by atoms with E-state index in [0.29, 0.717) is 0 Å². The summed E-state index contributed by atoms with van der Waals surface area (Å²) in [6.07, 6.45) is 26.4. The van der Waals surface area contributed by atoms with Gasteiger partial charge in [0.05, 0.1) is 0 Å². The lowest BCUT2D eigenvalue weighted by atomic mass is 9.77. The number of rotatable bonds is 4. The van der Waals surface area contributed by atoms with E-state index >= 15 is 0 Å². The van der Waals surface area contributed by atoms with Gasteiger partial charge in [0.25, 0.3) is 0 Å². The van der Waals surface area contributed by atoms with E-state index in [1.165, 1.54) is 56.9 Å².